The number of thioether (sulfide) groups is 1. The van der Waals surface area contributed by atoms with Crippen molar-refractivity contribution >= 4 is 23.3 Å². The molecule has 0 aliphatic carbocycles. The molecular formula is C21H23N5O2S. The maximum absolute atomic E-state index is 13.1. The first kappa shape index (κ1) is 20.7. The summed E-state index contributed by atoms with van der Waals surface area (Å²) in [6, 6.07) is 3.72. The Morgan fingerprint density at radius 3 is 2.55 bits per heavy atom. The number of hydrogen-bond donors (Lipinski definition) is 1. The van der Waals surface area contributed by atoms with Crippen molar-refractivity contribution in [2.75, 3.05) is 0 Å². The molecule has 8 heteroatoms. The second kappa shape index (κ2) is 8.57. The van der Waals surface area contributed by atoms with Crippen LogP contribution in [0.4, 0.5) is 0 Å². The molecule has 150 valence electrons. The van der Waals surface area contributed by atoms with Gasteiger partial charge in [-0.05, 0) is 45.4 Å². The lowest BCUT2D eigenvalue weighted by atomic mass is 10.0. The topological polar surface area (TPSA) is 93.5 Å². The molecule has 0 fully saturated rings. The van der Waals surface area contributed by atoms with Gasteiger partial charge in [0.2, 0.25) is 0 Å². The van der Waals surface area contributed by atoms with E-state index in [2.05, 4.69) is 26.7 Å². The molecule has 0 unspecified atom stereocenters. The first-order chi connectivity index (χ1) is 13.8. The molecule has 7 nitrogen and oxygen atoms in total. The van der Waals surface area contributed by atoms with E-state index in [0.717, 1.165) is 5.56 Å². The van der Waals surface area contributed by atoms with Crippen LogP contribution >= 0.6 is 11.8 Å². The number of nitrogens with one attached hydrogen (secondary N) is 1. The number of ketones is 2. The smallest absolute Gasteiger partial charge is 0.192 e. The number of H-pyrrole nitrogens is 1. The minimum Gasteiger partial charge on any atom is -0.355 e. The van der Waals surface area contributed by atoms with E-state index < -0.39 is 5.25 Å². The molecule has 1 N–H and O–H groups in total. The van der Waals surface area contributed by atoms with Crippen molar-refractivity contribution in [3.05, 3.63) is 59.7 Å². The van der Waals surface area contributed by atoms with Crippen LogP contribution in [-0.4, -0.2) is 41.5 Å². The highest BCUT2D eigenvalue weighted by molar-refractivity contribution is 8.00. The summed E-state index contributed by atoms with van der Waals surface area (Å²) in [4.78, 5) is 32.0. The minimum absolute atomic E-state index is 0.0525. The lowest BCUT2D eigenvalue weighted by Gasteiger charge is -2.12. The van der Waals surface area contributed by atoms with Gasteiger partial charge in [-0.25, -0.2) is 0 Å². The molecule has 3 rings (SSSR count). The van der Waals surface area contributed by atoms with Crippen molar-refractivity contribution in [3.8, 4) is 11.4 Å². The van der Waals surface area contributed by atoms with E-state index in [9.17, 15) is 9.59 Å². The van der Waals surface area contributed by atoms with Crippen LogP contribution in [-0.2, 0) is 6.54 Å². The van der Waals surface area contributed by atoms with Crippen LogP contribution in [0.1, 0.15) is 46.0 Å². The van der Waals surface area contributed by atoms with Crippen LogP contribution in [0.2, 0.25) is 0 Å². The van der Waals surface area contributed by atoms with Crippen LogP contribution in [0.25, 0.3) is 11.4 Å². The van der Waals surface area contributed by atoms with Crippen molar-refractivity contribution in [2.24, 2.45) is 0 Å². The molecule has 0 bridgehead atoms. The maximum atomic E-state index is 13.1. The zero-order valence-corrected chi connectivity index (χ0v) is 17.7. The highest BCUT2D eigenvalue weighted by Crippen LogP contribution is 2.29. The summed E-state index contributed by atoms with van der Waals surface area (Å²) in [6.45, 7) is 11.3. The Morgan fingerprint density at radius 2 is 1.97 bits per heavy atom. The van der Waals surface area contributed by atoms with E-state index in [4.69, 9.17) is 0 Å². The van der Waals surface area contributed by atoms with E-state index in [1.54, 1.807) is 32.3 Å². The van der Waals surface area contributed by atoms with Gasteiger partial charge in [-0.2, -0.15) is 0 Å². The van der Waals surface area contributed by atoms with Gasteiger partial charge in [0, 0.05) is 35.8 Å². The van der Waals surface area contributed by atoms with Crippen molar-refractivity contribution in [2.45, 2.75) is 44.6 Å². The summed E-state index contributed by atoms with van der Waals surface area (Å²) in [7, 11) is 0. The Hall–Kier alpha value is -3.00. The highest BCUT2D eigenvalue weighted by atomic mass is 32.2. The summed E-state index contributed by atoms with van der Waals surface area (Å²) < 4.78 is 1.92. The van der Waals surface area contributed by atoms with Gasteiger partial charge in [0.15, 0.2) is 22.5 Å². The SMILES string of the molecule is C=CCn1c(S[C@H](C)C(=O)c2[nH]c(C)c(C(C)=O)c2C)nnc1-c1ccncc1. The first-order valence-corrected chi connectivity index (χ1v) is 10.1. The monoisotopic (exact) mass is 409 g/mol. The summed E-state index contributed by atoms with van der Waals surface area (Å²) in [5, 5.41) is 8.81. The predicted molar refractivity (Wildman–Crippen MR) is 113 cm³/mol. The molecule has 0 spiro atoms. The average Bonchev–Trinajstić information content (AvgIpc) is 3.22. The lowest BCUT2D eigenvalue weighted by Crippen LogP contribution is -2.16. The van der Waals surface area contributed by atoms with Crippen molar-refractivity contribution < 1.29 is 9.59 Å². The van der Waals surface area contributed by atoms with Gasteiger partial charge in [-0.1, -0.05) is 17.8 Å². The molecule has 0 aliphatic rings. The molecule has 29 heavy (non-hydrogen) atoms. The molecule has 0 aliphatic heterocycles. The number of pyridine rings is 1. The summed E-state index contributed by atoms with van der Waals surface area (Å²) >= 11 is 1.33. The predicted octanol–water partition coefficient (Wildman–Crippen LogP) is 4.04. The lowest BCUT2D eigenvalue weighted by molar-refractivity contribution is 0.0988. The number of rotatable bonds is 8. The molecule has 0 saturated carbocycles. The molecule has 3 aromatic rings. The fourth-order valence-corrected chi connectivity index (χ4v) is 4.24. The molecule has 3 heterocycles. The normalized spacial score (nSPS) is 12.0. The van der Waals surface area contributed by atoms with E-state index >= 15 is 0 Å². The number of carbonyl (C=O) groups excluding carboxylic acids is 2. The van der Waals surface area contributed by atoms with Crippen LogP contribution in [0.5, 0.6) is 0 Å². The van der Waals surface area contributed by atoms with Crippen molar-refractivity contribution in [1.29, 1.82) is 0 Å². The van der Waals surface area contributed by atoms with E-state index in [-0.39, 0.29) is 11.6 Å². The van der Waals surface area contributed by atoms with Crippen molar-refractivity contribution in [3.63, 3.8) is 0 Å². The molecule has 0 amide bonds. The number of carbonyl (C=O) groups is 2. The molecule has 3 aromatic heterocycles. The highest BCUT2D eigenvalue weighted by Gasteiger charge is 2.26. The van der Waals surface area contributed by atoms with E-state index in [1.165, 1.54) is 18.7 Å². The van der Waals surface area contributed by atoms with Crippen LogP contribution in [0.3, 0.4) is 0 Å². The summed E-state index contributed by atoms with van der Waals surface area (Å²) in [6.07, 6.45) is 5.16. The van der Waals surface area contributed by atoms with Crippen molar-refractivity contribution in [1.82, 2.24) is 24.7 Å². The third kappa shape index (κ3) is 4.07. The Bertz CT molecular complexity index is 1070. The molecule has 0 radical (unpaired) electrons. The number of Topliss-reactive ketones (excluding diaryl/α,β-unsaturated/α-hetero) is 2. The van der Waals surface area contributed by atoms with Gasteiger partial charge in [0.25, 0.3) is 0 Å². The third-order valence-electron chi connectivity index (χ3n) is 4.65. The number of allylic oxidation sites excluding steroid dienone is 1. The molecular weight excluding hydrogens is 386 g/mol. The minimum atomic E-state index is -0.412. The maximum Gasteiger partial charge on any atom is 0.192 e. The van der Waals surface area contributed by atoms with Crippen LogP contribution in [0.15, 0.2) is 42.3 Å². The van der Waals surface area contributed by atoms with Crippen LogP contribution < -0.4 is 0 Å². The Kier molecular flexibility index (Phi) is 6.12. The first-order valence-electron chi connectivity index (χ1n) is 9.20. The number of aryl methyl sites for hydroxylation is 1. The Balaban J connectivity index is 1.89. The van der Waals surface area contributed by atoms with Gasteiger partial charge < -0.3 is 4.98 Å². The summed E-state index contributed by atoms with van der Waals surface area (Å²) in [5.74, 6) is 0.560. The fourth-order valence-electron chi connectivity index (χ4n) is 3.32. The van der Waals surface area contributed by atoms with Gasteiger partial charge >= 0.3 is 0 Å². The number of aromatic amines is 1. The summed E-state index contributed by atoms with van der Waals surface area (Å²) in [5.41, 5.74) is 3.35. The molecule has 0 saturated heterocycles. The quantitative estimate of drug-likeness (QED) is 0.343. The standard InChI is InChI=1S/C21H23N5O2S/c1-6-11-26-20(16-7-9-22-10-8-16)24-25-21(26)29-15(5)19(28)18-12(2)17(14(4)27)13(3)23-18/h6-10,15,23H,1,11H2,2-5H3/t15-/m1/s1. The number of aromatic nitrogens is 5. The number of nitrogens with zero attached hydrogens (tertiary/aromatic N) is 4. The van der Waals surface area contributed by atoms with E-state index in [1.807, 2.05) is 23.6 Å². The Labute approximate surface area is 173 Å². The molecule has 0 aromatic carbocycles. The Morgan fingerprint density at radius 1 is 1.28 bits per heavy atom. The fraction of sp³-hybridized carbons (Fsp3) is 0.286. The van der Waals surface area contributed by atoms with Gasteiger partial charge in [0.05, 0.1) is 10.9 Å². The zero-order chi connectivity index (χ0) is 21.1. The van der Waals surface area contributed by atoms with Gasteiger partial charge in [-0.3, -0.25) is 19.1 Å². The average molecular weight is 410 g/mol. The van der Waals surface area contributed by atoms with Gasteiger partial charge in [0.1, 0.15) is 0 Å². The zero-order valence-electron chi connectivity index (χ0n) is 16.9. The second-order valence-electron chi connectivity index (χ2n) is 6.75. The largest absolute Gasteiger partial charge is 0.355 e. The third-order valence-corrected chi connectivity index (χ3v) is 5.73. The molecule has 1 atom stereocenters. The second-order valence-corrected chi connectivity index (χ2v) is 8.05. The van der Waals surface area contributed by atoms with Gasteiger partial charge in [-0.15, -0.1) is 16.8 Å². The number of hydrogen-bond acceptors (Lipinski definition) is 6. The van der Waals surface area contributed by atoms with Crippen LogP contribution in [0, 0.1) is 13.8 Å². The van der Waals surface area contributed by atoms with E-state index in [0.29, 0.717) is 40.0 Å².